The summed E-state index contributed by atoms with van der Waals surface area (Å²) in [6.45, 7) is 3.06. The van der Waals surface area contributed by atoms with Crippen LogP contribution in [0.25, 0.3) is 0 Å². The van der Waals surface area contributed by atoms with Crippen LogP contribution in [0.15, 0.2) is 23.0 Å². The summed E-state index contributed by atoms with van der Waals surface area (Å²) in [4.78, 5) is 9.44. The second-order valence-corrected chi connectivity index (χ2v) is 3.88. The van der Waals surface area contributed by atoms with Gasteiger partial charge in [0, 0.05) is 10.8 Å². The van der Waals surface area contributed by atoms with E-state index in [9.17, 15) is 13.2 Å². The van der Waals surface area contributed by atoms with E-state index < -0.39 is 9.84 Å². The van der Waals surface area contributed by atoms with E-state index in [1.54, 1.807) is 0 Å². The first kappa shape index (κ1) is 10.1. The number of allylic oxidation sites excluding steroid dienone is 2. The maximum absolute atomic E-state index is 10.3. The van der Waals surface area contributed by atoms with Crippen LogP contribution in [-0.4, -0.2) is 14.2 Å². The summed E-state index contributed by atoms with van der Waals surface area (Å²) in [6.07, 6.45) is 2.99. The molecule has 0 radical (unpaired) electrons. The molecule has 0 saturated carbocycles. The molecule has 0 N–H and O–H groups in total. The normalized spacial score (nSPS) is 17.3. The fraction of sp³-hybridized carbons (Fsp3) is 0.286. The molecule has 0 aromatic carbocycles. The van der Waals surface area contributed by atoms with Gasteiger partial charge in [-0.25, -0.2) is 8.42 Å². The van der Waals surface area contributed by atoms with Gasteiger partial charge in [-0.2, -0.15) is 0 Å². The first-order chi connectivity index (χ1) is 4.94. The lowest BCUT2D eigenvalue weighted by Gasteiger charge is -1.73. The average molecular weight is 174 g/mol. The fourth-order valence-corrected chi connectivity index (χ4v) is 1.07. The zero-order valence-corrected chi connectivity index (χ0v) is 7.26. The standard InChI is InChI=1S/C4H4O2S.C3H6O/c5-7(6)3-1-2-4-7;1-3(2)4/h1-4H;1-2H3. The van der Waals surface area contributed by atoms with Crippen LogP contribution in [0.5, 0.6) is 0 Å². The van der Waals surface area contributed by atoms with Crippen molar-refractivity contribution in [2.75, 3.05) is 0 Å². The highest BCUT2D eigenvalue weighted by Crippen LogP contribution is 2.01. The first-order valence-corrected chi connectivity index (χ1v) is 4.62. The highest BCUT2D eigenvalue weighted by molar-refractivity contribution is 7.97. The van der Waals surface area contributed by atoms with E-state index in [2.05, 4.69) is 0 Å². The lowest BCUT2D eigenvalue weighted by Crippen LogP contribution is -1.80. The Morgan fingerprint density at radius 3 is 1.45 bits per heavy atom. The molecule has 0 spiro atoms. The smallest absolute Gasteiger partial charge is 0.193 e. The molecule has 0 atom stereocenters. The number of hydrogen-bond acceptors (Lipinski definition) is 3. The van der Waals surface area contributed by atoms with Crippen LogP contribution in [0.4, 0.5) is 0 Å². The molecule has 0 saturated heterocycles. The highest BCUT2D eigenvalue weighted by atomic mass is 32.2. The summed E-state index contributed by atoms with van der Waals surface area (Å²) in [6, 6.07) is 0. The molecule has 11 heavy (non-hydrogen) atoms. The van der Waals surface area contributed by atoms with Gasteiger partial charge in [0.2, 0.25) is 0 Å². The summed E-state index contributed by atoms with van der Waals surface area (Å²) in [5, 5.41) is 2.32. The molecule has 4 heteroatoms. The van der Waals surface area contributed by atoms with Crippen LogP contribution in [-0.2, 0) is 14.6 Å². The molecule has 1 heterocycles. The Balaban J connectivity index is 0.000000218. The van der Waals surface area contributed by atoms with E-state index in [4.69, 9.17) is 0 Å². The third-order valence-corrected chi connectivity index (χ3v) is 1.72. The van der Waals surface area contributed by atoms with Crippen LogP contribution in [0.2, 0.25) is 0 Å². The van der Waals surface area contributed by atoms with Gasteiger partial charge in [-0.3, -0.25) is 0 Å². The third kappa shape index (κ3) is 6.99. The Hall–Kier alpha value is -0.900. The van der Waals surface area contributed by atoms with Gasteiger partial charge >= 0.3 is 0 Å². The fourth-order valence-electron chi connectivity index (χ4n) is 0.355. The minimum Gasteiger partial charge on any atom is -0.300 e. The Morgan fingerprint density at radius 2 is 1.36 bits per heavy atom. The van der Waals surface area contributed by atoms with Gasteiger partial charge in [-0.1, -0.05) is 0 Å². The van der Waals surface area contributed by atoms with Crippen molar-refractivity contribution in [3.8, 4) is 0 Å². The van der Waals surface area contributed by atoms with Gasteiger partial charge in [-0.05, 0) is 26.0 Å². The molecule has 3 nitrogen and oxygen atoms in total. The van der Waals surface area contributed by atoms with Crippen molar-refractivity contribution in [3.05, 3.63) is 23.0 Å². The first-order valence-electron chi connectivity index (χ1n) is 3.01. The minimum absolute atomic E-state index is 0.167. The summed E-state index contributed by atoms with van der Waals surface area (Å²) in [7, 11) is -2.91. The molecule has 1 rings (SSSR count). The van der Waals surface area contributed by atoms with Crippen LogP contribution in [0, 0.1) is 0 Å². The number of rotatable bonds is 0. The molecule has 0 unspecified atom stereocenters. The van der Waals surface area contributed by atoms with Crippen molar-refractivity contribution in [2.24, 2.45) is 0 Å². The highest BCUT2D eigenvalue weighted by Gasteiger charge is 2.00. The van der Waals surface area contributed by atoms with Gasteiger partial charge in [0.15, 0.2) is 9.84 Å². The lowest BCUT2D eigenvalue weighted by atomic mass is 10.6. The molecule has 0 aromatic rings. The molecule has 0 aliphatic carbocycles. The molecular weight excluding hydrogens is 164 g/mol. The largest absolute Gasteiger partial charge is 0.300 e. The molecule has 1 aliphatic rings. The van der Waals surface area contributed by atoms with E-state index in [0.717, 1.165) is 10.8 Å². The van der Waals surface area contributed by atoms with Crippen LogP contribution < -0.4 is 0 Å². The summed E-state index contributed by atoms with van der Waals surface area (Å²) < 4.78 is 20.5. The maximum Gasteiger partial charge on any atom is 0.193 e. The number of carbonyl (C=O) groups excluding carboxylic acids is 1. The molecule has 0 amide bonds. The van der Waals surface area contributed by atoms with E-state index in [-0.39, 0.29) is 5.78 Å². The quantitative estimate of drug-likeness (QED) is 0.551. The SMILES string of the molecule is CC(C)=O.O=S1(=O)C=CC=C1. The van der Waals surface area contributed by atoms with Crippen LogP contribution >= 0.6 is 0 Å². The summed E-state index contributed by atoms with van der Waals surface area (Å²) in [5.41, 5.74) is 0. The molecule has 1 aliphatic heterocycles. The monoisotopic (exact) mass is 174 g/mol. The Morgan fingerprint density at radius 1 is 1.09 bits per heavy atom. The van der Waals surface area contributed by atoms with Gasteiger partial charge in [0.05, 0.1) is 0 Å². The van der Waals surface area contributed by atoms with E-state index >= 15 is 0 Å². The summed E-state index contributed by atoms with van der Waals surface area (Å²) in [5.74, 6) is 0.167. The van der Waals surface area contributed by atoms with Crippen molar-refractivity contribution in [3.63, 3.8) is 0 Å². The van der Waals surface area contributed by atoms with Crippen LogP contribution in [0.1, 0.15) is 13.8 Å². The summed E-state index contributed by atoms with van der Waals surface area (Å²) >= 11 is 0. The zero-order chi connectivity index (χ0) is 8.91. The predicted octanol–water partition coefficient (Wildman–Crippen LogP) is 1.04. The predicted molar refractivity (Wildman–Crippen MR) is 43.6 cm³/mol. The van der Waals surface area contributed by atoms with E-state index in [1.165, 1.54) is 26.0 Å². The van der Waals surface area contributed by atoms with Crippen molar-refractivity contribution in [2.45, 2.75) is 13.8 Å². The van der Waals surface area contributed by atoms with Crippen LogP contribution in [0.3, 0.4) is 0 Å². The number of sulfone groups is 1. The second-order valence-electron chi connectivity index (χ2n) is 2.15. The molecular formula is C7H10O3S. The zero-order valence-electron chi connectivity index (χ0n) is 6.44. The number of hydrogen-bond donors (Lipinski definition) is 0. The Labute approximate surface area is 66.3 Å². The maximum atomic E-state index is 10.3. The molecule has 0 aromatic heterocycles. The third-order valence-electron chi connectivity index (χ3n) is 0.648. The Kier molecular flexibility index (Phi) is 3.74. The van der Waals surface area contributed by atoms with E-state index in [0.29, 0.717) is 0 Å². The molecule has 0 fully saturated rings. The van der Waals surface area contributed by atoms with Crippen molar-refractivity contribution < 1.29 is 13.2 Å². The minimum atomic E-state index is -2.91. The van der Waals surface area contributed by atoms with E-state index in [1.807, 2.05) is 0 Å². The molecule has 62 valence electrons. The number of carbonyl (C=O) groups is 1. The van der Waals surface area contributed by atoms with Gasteiger partial charge < -0.3 is 4.79 Å². The van der Waals surface area contributed by atoms with Gasteiger partial charge in [-0.15, -0.1) is 0 Å². The number of ketones is 1. The molecule has 0 bridgehead atoms. The topological polar surface area (TPSA) is 51.2 Å². The van der Waals surface area contributed by atoms with Gasteiger partial charge in [0.25, 0.3) is 0 Å². The number of Topliss-reactive ketones (excluding diaryl/α,β-unsaturated/α-hetero) is 1. The lowest BCUT2D eigenvalue weighted by molar-refractivity contribution is -0.114. The van der Waals surface area contributed by atoms with Crippen molar-refractivity contribution in [1.82, 2.24) is 0 Å². The second kappa shape index (κ2) is 4.08. The Bertz CT molecular complexity index is 261. The van der Waals surface area contributed by atoms with Crippen molar-refractivity contribution >= 4 is 15.6 Å². The average Bonchev–Trinajstić information content (AvgIpc) is 2.11. The van der Waals surface area contributed by atoms with Crippen molar-refractivity contribution in [1.29, 1.82) is 0 Å². The van der Waals surface area contributed by atoms with Gasteiger partial charge in [0.1, 0.15) is 5.78 Å².